The number of amides is 1. The molecule has 170 valence electrons. The average molecular weight is 443 g/mol. The lowest BCUT2D eigenvalue weighted by molar-refractivity contribution is -0.132. The third-order valence-corrected chi connectivity index (χ3v) is 6.10. The van der Waals surface area contributed by atoms with Crippen molar-refractivity contribution in [1.82, 2.24) is 24.5 Å². The molecule has 1 atom stereocenters. The van der Waals surface area contributed by atoms with E-state index in [4.69, 9.17) is 4.74 Å². The number of piperidine rings is 1. The SMILES string of the molecule is COc1ccc(CCCC(=O)N2CCCC(c3cc(C(F)F)n4ncnc4n3)C2)c(C)c1. The van der Waals surface area contributed by atoms with Crippen LogP contribution in [0.1, 0.15) is 60.5 Å². The summed E-state index contributed by atoms with van der Waals surface area (Å²) in [6.45, 7) is 3.22. The van der Waals surface area contributed by atoms with Crippen LogP contribution in [0.2, 0.25) is 0 Å². The molecule has 0 aliphatic carbocycles. The summed E-state index contributed by atoms with van der Waals surface area (Å²) in [4.78, 5) is 23.1. The zero-order chi connectivity index (χ0) is 22.7. The lowest BCUT2D eigenvalue weighted by atomic mass is 9.93. The number of benzene rings is 1. The van der Waals surface area contributed by atoms with Gasteiger partial charge in [0.05, 0.1) is 12.8 Å². The third-order valence-electron chi connectivity index (χ3n) is 6.10. The first kappa shape index (κ1) is 22.1. The third kappa shape index (κ3) is 4.71. The molecular formula is C23H27F2N5O2. The molecule has 1 fully saturated rings. The van der Waals surface area contributed by atoms with Gasteiger partial charge in [-0.15, -0.1) is 0 Å². The number of aryl methyl sites for hydroxylation is 2. The van der Waals surface area contributed by atoms with E-state index in [1.54, 1.807) is 7.11 Å². The van der Waals surface area contributed by atoms with Crippen LogP contribution in [0.3, 0.4) is 0 Å². The largest absolute Gasteiger partial charge is 0.497 e. The first-order valence-corrected chi connectivity index (χ1v) is 10.9. The summed E-state index contributed by atoms with van der Waals surface area (Å²) in [5.41, 5.74) is 2.69. The second-order valence-corrected chi connectivity index (χ2v) is 8.20. The van der Waals surface area contributed by atoms with Crippen LogP contribution < -0.4 is 4.74 Å². The first-order valence-electron chi connectivity index (χ1n) is 10.9. The number of hydrogen-bond donors (Lipinski definition) is 0. The number of aromatic nitrogens is 4. The van der Waals surface area contributed by atoms with E-state index in [1.807, 2.05) is 30.0 Å². The van der Waals surface area contributed by atoms with Gasteiger partial charge < -0.3 is 9.64 Å². The van der Waals surface area contributed by atoms with E-state index >= 15 is 0 Å². The molecule has 4 rings (SSSR count). The van der Waals surface area contributed by atoms with Crippen LogP contribution >= 0.6 is 0 Å². The van der Waals surface area contributed by atoms with Crippen LogP contribution in [0, 0.1) is 6.92 Å². The van der Waals surface area contributed by atoms with Crippen molar-refractivity contribution in [3.05, 3.63) is 53.1 Å². The number of carbonyl (C=O) groups is 1. The minimum atomic E-state index is -2.68. The zero-order valence-corrected chi connectivity index (χ0v) is 18.3. The maximum atomic E-state index is 13.5. The number of nitrogens with zero attached hydrogens (tertiary/aromatic N) is 5. The fourth-order valence-corrected chi connectivity index (χ4v) is 4.33. The molecular weight excluding hydrogens is 416 g/mol. The van der Waals surface area contributed by atoms with Gasteiger partial charge in [0.25, 0.3) is 12.2 Å². The van der Waals surface area contributed by atoms with E-state index in [-0.39, 0.29) is 23.3 Å². The smallest absolute Gasteiger partial charge is 0.280 e. The lowest BCUT2D eigenvalue weighted by Crippen LogP contribution is -2.39. The molecule has 3 aromatic rings. The summed E-state index contributed by atoms with van der Waals surface area (Å²) in [5.74, 6) is 1.000. The van der Waals surface area contributed by atoms with Gasteiger partial charge in [0.2, 0.25) is 5.91 Å². The van der Waals surface area contributed by atoms with E-state index < -0.39 is 6.43 Å². The molecule has 1 aliphatic rings. The Kier molecular flexibility index (Phi) is 6.62. The second-order valence-electron chi connectivity index (χ2n) is 8.20. The molecule has 1 aromatic carbocycles. The Morgan fingerprint density at radius 2 is 2.16 bits per heavy atom. The molecule has 0 bridgehead atoms. The predicted molar refractivity (Wildman–Crippen MR) is 115 cm³/mol. The predicted octanol–water partition coefficient (Wildman–Crippen LogP) is 4.11. The number of carbonyl (C=O) groups excluding carboxylic acids is 1. The molecule has 0 N–H and O–H groups in total. The summed E-state index contributed by atoms with van der Waals surface area (Å²) in [7, 11) is 1.65. The van der Waals surface area contributed by atoms with Crippen molar-refractivity contribution in [1.29, 1.82) is 0 Å². The van der Waals surface area contributed by atoms with Gasteiger partial charge in [-0.2, -0.15) is 14.6 Å². The Morgan fingerprint density at radius 3 is 2.91 bits per heavy atom. The highest BCUT2D eigenvalue weighted by Gasteiger charge is 2.27. The molecule has 1 amide bonds. The second kappa shape index (κ2) is 9.58. The molecule has 7 nitrogen and oxygen atoms in total. The minimum absolute atomic E-state index is 0.0873. The van der Waals surface area contributed by atoms with Crippen LogP contribution in [0.15, 0.2) is 30.6 Å². The molecule has 0 saturated carbocycles. The van der Waals surface area contributed by atoms with Gasteiger partial charge in [-0.3, -0.25) is 4.79 Å². The van der Waals surface area contributed by atoms with E-state index in [9.17, 15) is 13.6 Å². The summed E-state index contributed by atoms with van der Waals surface area (Å²) in [5, 5.41) is 3.84. The van der Waals surface area contributed by atoms with Crippen molar-refractivity contribution in [3.63, 3.8) is 0 Å². The Morgan fingerprint density at radius 1 is 1.31 bits per heavy atom. The number of fused-ring (bicyclic) bond motifs is 1. The summed E-state index contributed by atoms with van der Waals surface area (Å²) in [6, 6.07) is 7.38. The van der Waals surface area contributed by atoms with Crippen molar-refractivity contribution >= 4 is 11.7 Å². The Balaban J connectivity index is 1.38. The molecule has 9 heteroatoms. The van der Waals surface area contributed by atoms with Crippen molar-refractivity contribution < 1.29 is 18.3 Å². The number of alkyl halides is 2. The number of hydrogen-bond acceptors (Lipinski definition) is 5. The topological polar surface area (TPSA) is 72.6 Å². The van der Waals surface area contributed by atoms with Gasteiger partial charge >= 0.3 is 0 Å². The van der Waals surface area contributed by atoms with Crippen molar-refractivity contribution in [3.8, 4) is 5.75 Å². The van der Waals surface area contributed by atoms with Gasteiger partial charge in [-0.25, -0.2) is 13.8 Å². The number of rotatable bonds is 7. The molecule has 0 spiro atoms. The molecule has 3 heterocycles. The highest BCUT2D eigenvalue weighted by molar-refractivity contribution is 5.76. The Hall–Kier alpha value is -3.10. The van der Waals surface area contributed by atoms with Crippen LogP contribution in [0.5, 0.6) is 5.75 Å². The summed E-state index contributed by atoms with van der Waals surface area (Å²) < 4.78 is 33.3. The van der Waals surface area contributed by atoms with Crippen molar-refractivity contribution in [2.45, 2.75) is 51.4 Å². The van der Waals surface area contributed by atoms with Gasteiger partial charge in [0, 0.05) is 25.4 Å². The van der Waals surface area contributed by atoms with Crippen LogP contribution in [-0.2, 0) is 11.2 Å². The van der Waals surface area contributed by atoms with E-state index in [2.05, 4.69) is 15.1 Å². The van der Waals surface area contributed by atoms with E-state index in [0.717, 1.165) is 41.5 Å². The monoisotopic (exact) mass is 443 g/mol. The normalized spacial score (nSPS) is 16.7. The molecule has 0 radical (unpaired) electrons. The summed E-state index contributed by atoms with van der Waals surface area (Å²) >= 11 is 0. The number of halogens is 2. The number of ether oxygens (including phenoxy) is 1. The fraction of sp³-hybridized carbons (Fsp3) is 0.478. The fourth-order valence-electron chi connectivity index (χ4n) is 4.33. The Bertz CT molecular complexity index is 1100. The van der Waals surface area contributed by atoms with Gasteiger partial charge in [0.15, 0.2) is 0 Å². The maximum absolute atomic E-state index is 13.5. The zero-order valence-electron chi connectivity index (χ0n) is 18.3. The quantitative estimate of drug-likeness (QED) is 0.550. The van der Waals surface area contributed by atoms with Crippen molar-refractivity contribution in [2.75, 3.05) is 20.2 Å². The van der Waals surface area contributed by atoms with Gasteiger partial charge in [-0.1, -0.05) is 6.07 Å². The van der Waals surface area contributed by atoms with Crippen LogP contribution in [-0.4, -0.2) is 50.6 Å². The van der Waals surface area contributed by atoms with Crippen molar-refractivity contribution in [2.24, 2.45) is 0 Å². The minimum Gasteiger partial charge on any atom is -0.497 e. The molecule has 1 saturated heterocycles. The van der Waals surface area contributed by atoms with Gasteiger partial charge in [0.1, 0.15) is 17.8 Å². The number of likely N-dealkylation sites (tertiary alicyclic amines) is 1. The van der Waals surface area contributed by atoms with E-state index in [0.29, 0.717) is 25.2 Å². The highest BCUT2D eigenvalue weighted by Crippen LogP contribution is 2.29. The van der Waals surface area contributed by atoms with Crippen LogP contribution in [0.25, 0.3) is 5.78 Å². The standard InChI is InChI=1S/C23H27F2N5O2/c1-15-11-18(32-2)9-8-16(15)5-3-7-21(31)29-10-4-6-17(13-29)19-12-20(22(24)25)30-23(28-19)26-14-27-30/h8-9,11-12,14,17,22H,3-7,10,13H2,1-2H3. The Labute approximate surface area is 185 Å². The van der Waals surface area contributed by atoms with Crippen LogP contribution in [0.4, 0.5) is 8.78 Å². The first-order chi connectivity index (χ1) is 15.5. The molecule has 2 aromatic heterocycles. The highest BCUT2D eigenvalue weighted by atomic mass is 19.3. The number of methoxy groups -OCH3 is 1. The average Bonchev–Trinajstić information content (AvgIpc) is 3.28. The maximum Gasteiger partial charge on any atom is 0.280 e. The van der Waals surface area contributed by atoms with Gasteiger partial charge in [-0.05, 0) is 61.9 Å². The molecule has 1 unspecified atom stereocenters. The van der Waals surface area contributed by atoms with E-state index in [1.165, 1.54) is 18.0 Å². The lowest BCUT2D eigenvalue weighted by Gasteiger charge is -2.32. The molecule has 1 aliphatic heterocycles. The molecule has 32 heavy (non-hydrogen) atoms. The summed E-state index contributed by atoms with van der Waals surface area (Å²) in [6.07, 6.45) is 2.19.